The van der Waals surface area contributed by atoms with Gasteiger partial charge >= 0.3 is 0 Å². The Balaban J connectivity index is 2.65. The van der Waals surface area contributed by atoms with E-state index in [0.29, 0.717) is 6.04 Å². The minimum Gasteiger partial charge on any atom is -0.316 e. The minimum absolute atomic E-state index is 0.455. The zero-order valence-electron chi connectivity index (χ0n) is 11.3. The maximum atomic E-state index is 4.60. The van der Waals surface area contributed by atoms with Crippen LogP contribution in [0.3, 0.4) is 0 Å². The molecule has 3 heteroatoms. The van der Waals surface area contributed by atoms with Gasteiger partial charge < -0.3 is 5.32 Å². The highest BCUT2D eigenvalue weighted by molar-refractivity contribution is 5.25. The second kappa shape index (κ2) is 6.04. The third kappa shape index (κ3) is 3.08. The lowest BCUT2D eigenvalue weighted by Crippen LogP contribution is -2.18. The summed E-state index contributed by atoms with van der Waals surface area (Å²) in [4.78, 5) is 0. The van der Waals surface area contributed by atoms with Gasteiger partial charge in [0.25, 0.3) is 0 Å². The summed E-state index contributed by atoms with van der Waals surface area (Å²) in [7, 11) is 0. The summed E-state index contributed by atoms with van der Waals surface area (Å²) in [6.07, 6.45) is 2.29. The molecule has 3 nitrogen and oxygen atoms in total. The molecular weight excluding hydrogens is 198 g/mol. The zero-order valence-corrected chi connectivity index (χ0v) is 11.3. The molecule has 0 aliphatic heterocycles. The molecule has 0 unspecified atom stereocenters. The lowest BCUT2D eigenvalue weighted by atomic mass is 10.1. The van der Waals surface area contributed by atoms with Crippen molar-refractivity contribution in [2.75, 3.05) is 13.1 Å². The van der Waals surface area contributed by atoms with Crippen LogP contribution in [-0.2, 0) is 6.42 Å². The third-order valence-corrected chi connectivity index (χ3v) is 2.94. The van der Waals surface area contributed by atoms with E-state index in [-0.39, 0.29) is 0 Å². The zero-order chi connectivity index (χ0) is 12.1. The fraction of sp³-hybridized carbons (Fsp3) is 0.769. The Labute approximate surface area is 99.2 Å². The van der Waals surface area contributed by atoms with E-state index >= 15 is 0 Å². The topological polar surface area (TPSA) is 29.9 Å². The van der Waals surface area contributed by atoms with Crippen LogP contribution >= 0.6 is 0 Å². The summed E-state index contributed by atoms with van der Waals surface area (Å²) in [5, 5.41) is 8.04. The average molecular weight is 223 g/mol. The van der Waals surface area contributed by atoms with Gasteiger partial charge in [0.1, 0.15) is 0 Å². The number of aromatic nitrogens is 2. The number of hydrogen-bond donors (Lipinski definition) is 1. The van der Waals surface area contributed by atoms with E-state index in [9.17, 15) is 0 Å². The SMILES string of the molecule is CCCNCCc1c(C)nn(C(C)C)c1C. The third-order valence-electron chi connectivity index (χ3n) is 2.94. The lowest BCUT2D eigenvalue weighted by Gasteiger charge is -2.09. The van der Waals surface area contributed by atoms with E-state index in [1.165, 1.54) is 23.4 Å². The van der Waals surface area contributed by atoms with E-state index in [1.807, 2.05) is 0 Å². The molecule has 1 rings (SSSR count). The molecule has 1 N–H and O–H groups in total. The summed E-state index contributed by atoms with van der Waals surface area (Å²) < 4.78 is 2.13. The molecule has 0 aromatic carbocycles. The highest BCUT2D eigenvalue weighted by atomic mass is 15.3. The molecule has 92 valence electrons. The summed E-state index contributed by atoms with van der Waals surface area (Å²) in [6.45, 7) is 13.0. The highest BCUT2D eigenvalue weighted by Gasteiger charge is 2.12. The van der Waals surface area contributed by atoms with Crippen LogP contribution in [0, 0.1) is 13.8 Å². The van der Waals surface area contributed by atoms with E-state index in [4.69, 9.17) is 0 Å². The van der Waals surface area contributed by atoms with Gasteiger partial charge in [0.2, 0.25) is 0 Å². The molecule has 0 aliphatic carbocycles. The molecule has 0 radical (unpaired) electrons. The fourth-order valence-electron chi connectivity index (χ4n) is 2.08. The molecule has 1 aromatic heterocycles. The predicted octanol–water partition coefficient (Wildman–Crippen LogP) is 2.62. The summed E-state index contributed by atoms with van der Waals surface area (Å²) in [5.74, 6) is 0. The first-order chi connectivity index (χ1) is 7.57. The predicted molar refractivity (Wildman–Crippen MR) is 69.0 cm³/mol. The van der Waals surface area contributed by atoms with E-state index in [0.717, 1.165) is 19.5 Å². The van der Waals surface area contributed by atoms with E-state index < -0.39 is 0 Å². The number of nitrogens with one attached hydrogen (secondary N) is 1. The van der Waals surface area contributed by atoms with Crippen LogP contribution in [0.15, 0.2) is 0 Å². The Morgan fingerprint density at radius 3 is 2.44 bits per heavy atom. The van der Waals surface area contributed by atoms with Crippen molar-refractivity contribution in [1.82, 2.24) is 15.1 Å². The highest BCUT2D eigenvalue weighted by Crippen LogP contribution is 2.17. The summed E-state index contributed by atoms with van der Waals surface area (Å²) in [5.41, 5.74) is 3.92. The van der Waals surface area contributed by atoms with Crippen LogP contribution in [0.4, 0.5) is 0 Å². The van der Waals surface area contributed by atoms with Crippen molar-refractivity contribution in [2.24, 2.45) is 0 Å². The molecule has 0 atom stereocenters. The van der Waals surface area contributed by atoms with Crippen LogP contribution in [0.25, 0.3) is 0 Å². The molecule has 0 saturated carbocycles. The van der Waals surface area contributed by atoms with Gasteiger partial charge in [0.15, 0.2) is 0 Å². The molecular formula is C13H25N3. The van der Waals surface area contributed by atoms with Crippen molar-refractivity contribution < 1.29 is 0 Å². The van der Waals surface area contributed by atoms with Gasteiger partial charge in [-0.1, -0.05) is 6.92 Å². The smallest absolute Gasteiger partial charge is 0.0629 e. The van der Waals surface area contributed by atoms with Gasteiger partial charge in [-0.3, -0.25) is 4.68 Å². The van der Waals surface area contributed by atoms with Gasteiger partial charge in [0.05, 0.1) is 5.69 Å². The van der Waals surface area contributed by atoms with Gasteiger partial charge in [-0.15, -0.1) is 0 Å². The molecule has 0 spiro atoms. The van der Waals surface area contributed by atoms with Crippen molar-refractivity contribution in [3.63, 3.8) is 0 Å². The Bertz CT molecular complexity index is 326. The van der Waals surface area contributed by atoms with Crippen molar-refractivity contribution in [3.05, 3.63) is 17.0 Å². The first-order valence-electron chi connectivity index (χ1n) is 6.33. The first-order valence-corrected chi connectivity index (χ1v) is 6.33. The second-order valence-electron chi connectivity index (χ2n) is 4.69. The van der Waals surface area contributed by atoms with E-state index in [1.54, 1.807) is 0 Å². The Kier molecular flexibility index (Phi) is 5.00. The van der Waals surface area contributed by atoms with Crippen molar-refractivity contribution >= 4 is 0 Å². The maximum Gasteiger partial charge on any atom is 0.0629 e. The van der Waals surface area contributed by atoms with Crippen LogP contribution in [0.2, 0.25) is 0 Å². The number of aryl methyl sites for hydroxylation is 1. The monoisotopic (exact) mass is 223 g/mol. The van der Waals surface area contributed by atoms with Crippen molar-refractivity contribution in [3.8, 4) is 0 Å². The van der Waals surface area contributed by atoms with Gasteiger partial charge in [-0.05, 0) is 59.2 Å². The first kappa shape index (κ1) is 13.2. The van der Waals surface area contributed by atoms with Crippen molar-refractivity contribution in [2.45, 2.75) is 53.5 Å². The summed E-state index contributed by atoms with van der Waals surface area (Å²) >= 11 is 0. The molecule has 0 fully saturated rings. The molecule has 1 aromatic rings. The van der Waals surface area contributed by atoms with E-state index in [2.05, 4.69) is 49.7 Å². The average Bonchev–Trinajstić information content (AvgIpc) is 2.51. The van der Waals surface area contributed by atoms with Gasteiger partial charge in [-0.25, -0.2) is 0 Å². The lowest BCUT2D eigenvalue weighted by molar-refractivity contribution is 0.515. The fourth-order valence-corrected chi connectivity index (χ4v) is 2.08. The number of nitrogens with zero attached hydrogens (tertiary/aromatic N) is 2. The quantitative estimate of drug-likeness (QED) is 0.751. The number of rotatable bonds is 6. The molecule has 0 saturated heterocycles. The maximum absolute atomic E-state index is 4.60. The molecule has 1 heterocycles. The normalized spacial score (nSPS) is 11.4. The Morgan fingerprint density at radius 2 is 1.94 bits per heavy atom. The Morgan fingerprint density at radius 1 is 1.25 bits per heavy atom. The second-order valence-corrected chi connectivity index (χ2v) is 4.69. The van der Waals surface area contributed by atoms with Gasteiger partial charge in [-0.2, -0.15) is 5.10 Å². The van der Waals surface area contributed by atoms with Crippen LogP contribution in [0.1, 0.15) is 50.2 Å². The largest absolute Gasteiger partial charge is 0.316 e. The number of hydrogen-bond acceptors (Lipinski definition) is 2. The molecule has 0 amide bonds. The standard InChI is InChI=1S/C13H25N3/c1-6-8-14-9-7-13-11(4)15-16(10(2)3)12(13)5/h10,14H,6-9H2,1-5H3. The van der Waals surface area contributed by atoms with Crippen LogP contribution in [0.5, 0.6) is 0 Å². The van der Waals surface area contributed by atoms with Crippen LogP contribution in [-0.4, -0.2) is 22.9 Å². The molecule has 0 aliphatic rings. The minimum atomic E-state index is 0.455. The van der Waals surface area contributed by atoms with Crippen molar-refractivity contribution in [1.29, 1.82) is 0 Å². The summed E-state index contributed by atoms with van der Waals surface area (Å²) in [6, 6.07) is 0.455. The Hall–Kier alpha value is -0.830. The van der Waals surface area contributed by atoms with Crippen LogP contribution < -0.4 is 5.32 Å². The molecule has 16 heavy (non-hydrogen) atoms. The van der Waals surface area contributed by atoms with Gasteiger partial charge in [0, 0.05) is 11.7 Å². The molecule has 0 bridgehead atoms.